The van der Waals surface area contributed by atoms with Crippen LogP contribution in [-0.2, 0) is 12.8 Å². The molecule has 1 saturated carbocycles. The molecule has 1 amide bonds. The summed E-state index contributed by atoms with van der Waals surface area (Å²) in [6.45, 7) is 1.93. The quantitative estimate of drug-likeness (QED) is 0.753. The number of aliphatic hydroxyl groups excluding tert-OH is 1. The average Bonchev–Trinajstić information content (AvgIpc) is 2.58. The highest BCUT2D eigenvalue weighted by Crippen LogP contribution is 2.31. The summed E-state index contributed by atoms with van der Waals surface area (Å²) in [6.07, 6.45) is 2.51. The number of nitrogens with one attached hydrogen (secondary N) is 2. The number of hydrogen-bond donors (Lipinski definition) is 3. The van der Waals surface area contributed by atoms with Crippen molar-refractivity contribution in [2.24, 2.45) is 5.92 Å². The van der Waals surface area contributed by atoms with Crippen LogP contribution < -0.4 is 10.9 Å². The van der Waals surface area contributed by atoms with Crippen LogP contribution in [0, 0.1) is 5.92 Å². The van der Waals surface area contributed by atoms with E-state index in [4.69, 9.17) is 0 Å². The lowest BCUT2D eigenvalue weighted by molar-refractivity contribution is 0.0239. The Morgan fingerprint density at radius 1 is 1.28 bits per heavy atom. The first-order chi connectivity index (χ1) is 12.0. The van der Waals surface area contributed by atoms with Crippen LogP contribution in [0.1, 0.15) is 41.4 Å². The van der Waals surface area contributed by atoms with Gasteiger partial charge in [0.05, 0.1) is 6.10 Å². The Balaban J connectivity index is 1.76. The number of aromatic amines is 1. The highest BCUT2D eigenvalue weighted by Gasteiger charge is 2.34. The molecule has 3 N–H and O–H groups in total. The van der Waals surface area contributed by atoms with Gasteiger partial charge in [-0.2, -0.15) is 0 Å². The van der Waals surface area contributed by atoms with Crippen LogP contribution in [0.25, 0.3) is 0 Å². The Labute approximate surface area is 147 Å². The van der Waals surface area contributed by atoms with E-state index in [1.807, 2.05) is 37.3 Å². The van der Waals surface area contributed by atoms with Crippen LogP contribution in [0.4, 0.5) is 0 Å². The molecule has 1 aliphatic carbocycles. The largest absolute Gasteiger partial charge is 0.393 e. The topological polar surface area (TPSA) is 82.2 Å². The maximum atomic E-state index is 12.7. The number of aromatic nitrogens is 1. The SMILES string of the molecule is CCc1cc(C(=O)N[C@@H](Cc2ccccc2)C2CC(O)C2)cc(=O)[nH]1. The number of aliphatic hydroxyl groups is 1. The van der Waals surface area contributed by atoms with Crippen molar-refractivity contribution in [3.05, 3.63) is 69.6 Å². The van der Waals surface area contributed by atoms with Crippen LogP contribution in [-0.4, -0.2) is 28.1 Å². The molecule has 0 radical (unpaired) electrons. The second kappa shape index (κ2) is 7.66. The molecule has 0 unspecified atom stereocenters. The van der Waals surface area contributed by atoms with Crippen LogP contribution >= 0.6 is 0 Å². The molecule has 1 aliphatic rings. The van der Waals surface area contributed by atoms with Gasteiger partial charge in [-0.1, -0.05) is 37.3 Å². The predicted octanol–water partition coefficient (Wildman–Crippen LogP) is 2.05. The summed E-state index contributed by atoms with van der Waals surface area (Å²) in [7, 11) is 0. The third kappa shape index (κ3) is 4.37. The van der Waals surface area contributed by atoms with Gasteiger partial charge in [0.2, 0.25) is 5.56 Å². The minimum absolute atomic E-state index is 0.0531. The Kier molecular flexibility index (Phi) is 5.34. The second-order valence-corrected chi connectivity index (χ2v) is 6.77. The lowest BCUT2D eigenvalue weighted by atomic mass is 9.75. The van der Waals surface area contributed by atoms with E-state index in [1.54, 1.807) is 6.07 Å². The fraction of sp³-hybridized carbons (Fsp3) is 0.400. The maximum Gasteiger partial charge on any atom is 0.251 e. The number of aryl methyl sites for hydroxylation is 1. The van der Waals surface area contributed by atoms with E-state index in [0.717, 1.165) is 11.3 Å². The molecule has 2 aromatic rings. The summed E-state index contributed by atoms with van der Waals surface area (Å²) in [6, 6.07) is 13.0. The van der Waals surface area contributed by atoms with Crippen molar-refractivity contribution in [1.82, 2.24) is 10.3 Å². The van der Waals surface area contributed by atoms with Crippen molar-refractivity contribution in [3.8, 4) is 0 Å². The number of pyridine rings is 1. The Morgan fingerprint density at radius 2 is 2.00 bits per heavy atom. The van der Waals surface area contributed by atoms with Crippen LogP contribution in [0.3, 0.4) is 0 Å². The molecule has 0 bridgehead atoms. The van der Waals surface area contributed by atoms with Gasteiger partial charge < -0.3 is 15.4 Å². The van der Waals surface area contributed by atoms with Gasteiger partial charge in [0, 0.05) is 23.4 Å². The highest BCUT2D eigenvalue weighted by atomic mass is 16.3. The number of rotatable bonds is 6. The molecule has 1 atom stereocenters. The second-order valence-electron chi connectivity index (χ2n) is 6.77. The first-order valence-electron chi connectivity index (χ1n) is 8.81. The highest BCUT2D eigenvalue weighted by molar-refractivity contribution is 5.94. The fourth-order valence-corrected chi connectivity index (χ4v) is 3.34. The molecule has 1 aromatic carbocycles. The molecule has 25 heavy (non-hydrogen) atoms. The van der Waals surface area contributed by atoms with E-state index < -0.39 is 0 Å². The van der Waals surface area contributed by atoms with Gasteiger partial charge in [-0.3, -0.25) is 9.59 Å². The van der Waals surface area contributed by atoms with Crippen molar-refractivity contribution in [1.29, 1.82) is 0 Å². The van der Waals surface area contributed by atoms with E-state index >= 15 is 0 Å². The third-order valence-electron chi connectivity index (χ3n) is 4.88. The van der Waals surface area contributed by atoms with Gasteiger partial charge >= 0.3 is 0 Å². The van der Waals surface area contributed by atoms with E-state index in [2.05, 4.69) is 10.3 Å². The molecular formula is C20H24N2O3. The maximum absolute atomic E-state index is 12.7. The zero-order valence-electron chi connectivity index (χ0n) is 14.4. The number of amides is 1. The zero-order valence-corrected chi connectivity index (χ0v) is 14.4. The van der Waals surface area contributed by atoms with Crippen LogP contribution in [0.2, 0.25) is 0 Å². The van der Waals surface area contributed by atoms with Crippen molar-refractivity contribution < 1.29 is 9.90 Å². The fourth-order valence-electron chi connectivity index (χ4n) is 3.34. The molecule has 5 heteroatoms. The Hall–Kier alpha value is -2.40. The van der Waals surface area contributed by atoms with E-state index in [-0.39, 0.29) is 29.5 Å². The molecule has 1 heterocycles. The molecule has 3 rings (SSSR count). The van der Waals surface area contributed by atoms with Gasteiger partial charge in [-0.05, 0) is 43.2 Å². The molecule has 5 nitrogen and oxygen atoms in total. The van der Waals surface area contributed by atoms with Crippen molar-refractivity contribution >= 4 is 5.91 Å². The molecule has 0 spiro atoms. The molecule has 132 valence electrons. The van der Waals surface area contributed by atoms with Gasteiger partial charge in [0.15, 0.2) is 0 Å². The van der Waals surface area contributed by atoms with E-state index in [9.17, 15) is 14.7 Å². The summed E-state index contributed by atoms with van der Waals surface area (Å²) in [4.78, 5) is 27.1. The van der Waals surface area contributed by atoms with Crippen molar-refractivity contribution in [3.63, 3.8) is 0 Å². The number of hydrogen-bond acceptors (Lipinski definition) is 3. The van der Waals surface area contributed by atoms with Crippen LogP contribution in [0.5, 0.6) is 0 Å². The summed E-state index contributed by atoms with van der Waals surface area (Å²) in [5.74, 6) is 0.0231. The minimum Gasteiger partial charge on any atom is -0.393 e. The first-order valence-corrected chi connectivity index (χ1v) is 8.81. The smallest absolute Gasteiger partial charge is 0.251 e. The normalized spacial score (nSPS) is 20.6. The molecule has 1 fully saturated rings. The summed E-state index contributed by atoms with van der Waals surface area (Å²) >= 11 is 0. The molecule has 1 aromatic heterocycles. The summed E-state index contributed by atoms with van der Waals surface area (Å²) < 4.78 is 0. The van der Waals surface area contributed by atoms with Gasteiger partial charge in [0.25, 0.3) is 5.91 Å². The Bertz CT molecular complexity index is 779. The summed E-state index contributed by atoms with van der Waals surface area (Å²) in [5, 5.41) is 12.7. The number of carbonyl (C=O) groups excluding carboxylic acids is 1. The van der Waals surface area contributed by atoms with Gasteiger partial charge in [-0.25, -0.2) is 0 Å². The zero-order chi connectivity index (χ0) is 17.8. The number of benzene rings is 1. The van der Waals surface area contributed by atoms with Crippen molar-refractivity contribution in [2.75, 3.05) is 0 Å². The standard InChI is InChI=1S/C20H24N2O3/c1-2-16-9-15(12-19(24)21-16)20(25)22-18(14-10-17(23)11-14)8-13-6-4-3-5-7-13/h3-7,9,12,14,17-18,23H,2,8,10-11H2,1H3,(H,21,24)(H,22,25)/t14?,17?,18-/m0/s1. The predicted molar refractivity (Wildman–Crippen MR) is 96.6 cm³/mol. The average molecular weight is 340 g/mol. The molecule has 0 saturated heterocycles. The van der Waals surface area contributed by atoms with Gasteiger partial charge in [0.1, 0.15) is 0 Å². The Morgan fingerprint density at radius 3 is 2.64 bits per heavy atom. The van der Waals surface area contributed by atoms with Gasteiger partial charge in [-0.15, -0.1) is 0 Å². The lowest BCUT2D eigenvalue weighted by Gasteiger charge is -2.38. The third-order valence-corrected chi connectivity index (χ3v) is 4.88. The van der Waals surface area contributed by atoms with E-state index in [0.29, 0.717) is 31.2 Å². The minimum atomic E-state index is -0.272. The molecular weight excluding hydrogens is 316 g/mol. The molecule has 0 aliphatic heterocycles. The lowest BCUT2D eigenvalue weighted by Crippen LogP contribution is -2.48. The van der Waals surface area contributed by atoms with Crippen molar-refractivity contribution in [2.45, 2.75) is 44.8 Å². The number of carbonyl (C=O) groups is 1. The van der Waals surface area contributed by atoms with E-state index in [1.165, 1.54) is 6.07 Å². The monoisotopic (exact) mass is 340 g/mol. The van der Waals surface area contributed by atoms with Crippen LogP contribution in [0.15, 0.2) is 47.3 Å². The number of H-pyrrole nitrogens is 1. The first kappa shape index (κ1) is 17.4. The summed E-state index contributed by atoms with van der Waals surface area (Å²) in [5.41, 5.74) is 2.02.